The highest BCUT2D eigenvalue weighted by atomic mass is 35.5. The van der Waals surface area contributed by atoms with Crippen LogP contribution in [-0.4, -0.2) is 16.0 Å². The quantitative estimate of drug-likeness (QED) is 0.399. The Morgan fingerprint density at radius 3 is 2.70 bits per heavy atom. The van der Waals surface area contributed by atoms with Gasteiger partial charge >= 0.3 is 0 Å². The van der Waals surface area contributed by atoms with E-state index in [0.717, 1.165) is 22.2 Å². The summed E-state index contributed by atoms with van der Waals surface area (Å²) in [6, 6.07) is 21.1. The van der Waals surface area contributed by atoms with E-state index in [0.29, 0.717) is 16.3 Å². The number of aryl methyl sites for hydroxylation is 1. The molecule has 4 aromatic rings. The summed E-state index contributed by atoms with van der Waals surface area (Å²) in [5.41, 5.74) is 5.63. The second-order valence-corrected chi connectivity index (χ2v) is 6.60. The molecule has 3 aromatic carbocycles. The van der Waals surface area contributed by atoms with E-state index in [1.54, 1.807) is 18.2 Å². The molecule has 0 unspecified atom stereocenters. The fraction of sp³-hybridized carbons (Fsp3) is 0.0476. The lowest BCUT2D eigenvalue weighted by atomic mass is 10.1. The van der Waals surface area contributed by atoms with E-state index >= 15 is 0 Å². The molecule has 1 heterocycles. The number of hydrogen-bond donors (Lipinski definition) is 2. The van der Waals surface area contributed by atoms with Crippen molar-refractivity contribution in [1.82, 2.24) is 9.78 Å². The maximum Gasteiger partial charge on any atom is 0.280 e. The Hall–Kier alpha value is -3.31. The van der Waals surface area contributed by atoms with Gasteiger partial charge in [-0.3, -0.25) is 15.3 Å². The van der Waals surface area contributed by atoms with E-state index in [-0.39, 0.29) is 5.56 Å². The Labute approximate surface area is 160 Å². The number of aromatic nitrogens is 2. The SMILES string of the molecule is Cc1[nH]n(-c2cccc(Cl)c2)c(=O)c1C=NNc1cccc2ccccc12. The van der Waals surface area contributed by atoms with E-state index in [1.807, 2.05) is 55.5 Å². The summed E-state index contributed by atoms with van der Waals surface area (Å²) in [6.07, 6.45) is 1.54. The van der Waals surface area contributed by atoms with Gasteiger partial charge in [-0.2, -0.15) is 5.10 Å². The first-order valence-corrected chi connectivity index (χ1v) is 8.86. The van der Waals surface area contributed by atoms with E-state index in [9.17, 15) is 4.79 Å². The highest BCUT2D eigenvalue weighted by molar-refractivity contribution is 6.30. The highest BCUT2D eigenvalue weighted by Gasteiger charge is 2.11. The predicted molar refractivity (Wildman–Crippen MR) is 111 cm³/mol. The number of rotatable bonds is 4. The molecule has 0 spiro atoms. The largest absolute Gasteiger partial charge is 0.295 e. The van der Waals surface area contributed by atoms with Crippen LogP contribution in [0.5, 0.6) is 0 Å². The fourth-order valence-electron chi connectivity index (χ4n) is 3.00. The highest BCUT2D eigenvalue weighted by Crippen LogP contribution is 2.22. The van der Waals surface area contributed by atoms with Gasteiger partial charge in [0.25, 0.3) is 5.56 Å². The predicted octanol–water partition coefficient (Wildman–Crippen LogP) is 4.73. The van der Waals surface area contributed by atoms with Crippen molar-refractivity contribution in [3.8, 4) is 5.69 Å². The van der Waals surface area contributed by atoms with Gasteiger partial charge in [0.15, 0.2) is 0 Å². The molecular formula is C21H17ClN4O. The number of fused-ring (bicyclic) bond motifs is 1. The molecule has 0 bridgehead atoms. The lowest BCUT2D eigenvalue weighted by molar-refractivity contribution is 0.835. The third-order valence-electron chi connectivity index (χ3n) is 4.35. The number of H-pyrrole nitrogens is 1. The topological polar surface area (TPSA) is 62.2 Å². The van der Waals surface area contributed by atoms with Crippen molar-refractivity contribution in [2.75, 3.05) is 5.43 Å². The first-order valence-electron chi connectivity index (χ1n) is 8.48. The number of nitrogens with zero attached hydrogens (tertiary/aromatic N) is 2. The molecule has 0 fully saturated rings. The second-order valence-electron chi connectivity index (χ2n) is 6.17. The first kappa shape index (κ1) is 17.1. The zero-order chi connectivity index (χ0) is 18.8. The number of hydrazone groups is 1. The van der Waals surface area contributed by atoms with Crippen molar-refractivity contribution < 1.29 is 0 Å². The summed E-state index contributed by atoms with van der Waals surface area (Å²) < 4.78 is 1.46. The third-order valence-corrected chi connectivity index (χ3v) is 4.59. The number of anilines is 1. The van der Waals surface area contributed by atoms with Crippen LogP contribution in [-0.2, 0) is 0 Å². The standard InChI is InChI=1S/C21H17ClN4O/c1-14-19(21(27)26(25-14)17-9-5-8-16(22)12-17)13-23-24-20-11-4-7-15-6-2-3-10-18(15)20/h2-13,24-25H,1H3. The molecule has 0 amide bonds. The molecule has 0 radical (unpaired) electrons. The molecule has 134 valence electrons. The Morgan fingerprint density at radius 1 is 1.07 bits per heavy atom. The van der Waals surface area contributed by atoms with E-state index < -0.39 is 0 Å². The van der Waals surface area contributed by atoms with E-state index in [4.69, 9.17) is 11.6 Å². The molecule has 0 aliphatic heterocycles. The van der Waals surface area contributed by atoms with Gasteiger partial charge in [0.1, 0.15) is 0 Å². The Bertz CT molecular complexity index is 1200. The van der Waals surface area contributed by atoms with Crippen LogP contribution in [0.4, 0.5) is 5.69 Å². The zero-order valence-electron chi connectivity index (χ0n) is 14.6. The molecule has 0 saturated carbocycles. The van der Waals surface area contributed by atoms with Crippen LogP contribution in [0.1, 0.15) is 11.3 Å². The van der Waals surface area contributed by atoms with Gasteiger partial charge < -0.3 is 0 Å². The maximum absolute atomic E-state index is 12.7. The van der Waals surface area contributed by atoms with Crippen LogP contribution in [0, 0.1) is 6.92 Å². The molecule has 0 atom stereocenters. The smallest absolute Gasteiger partial charge is 0.280 e. The number of halogens is 1. The molecule has 4 rings (SSSR count). The van der Waals surface area contributed by atoms with Crippen LogP contribution >= 0.6 is 11.6 Å². The van der Waals surface area contributed by atoms with Gasteiger partial charge in [0.2, 0.25) is 0 Å². The summed E-state index contributed by atoms with van der Waals surface area (Å²) in [5.74, 6) is 0. The van der Waals surface area contributed by atoms with Crippen LogP contribution < -0.4 is 11.0 Å². The Balaban J connectivity index is 1.64. The zero-order valence-corrected chi connectivity index (χ0v) is 15.4. The second kappa shape index (κ2) is 7.13. The molecule has 6 heteroatoms. The molecular weight excluding hydrogens is 360 g/mol. The lowest BCUT2D eigenvalue weighted by Crippen LogP contribution is -2.17. The molecule has 0 saturated heterocycles. The average Bonchev–Trinajstić information content (AvgIpc) is 2.96. The van der Waals surface area contributed by atoms with Crippen LogP contribution in [0.3, 0.4) is 0 Å². The molecule has 0 aliphatic carbocycles. The van der Waals surface area contributed by atoms with Gasteiger partial charge in [-0.15, -0.1) is 0 Å². The lowest BCUT2D eigenvalue weighted by Gasteiger charge is -2.04. The third kappa shape index (κ3) is 3.37. The number of benzene rings is 3. The minimum Gasteiger partial charge on any atom is -0.295 e. The van der Waals surface area contributed by atoms with Gasteiger partial charge in [-0.25, -0.2) is 4.68 Å². The van der Waals surface area contributed by atoms with Crippen molar-refractivity contribution in [2.45, 2.75) is 6.92 Å². The summed E-state index contributed by atoms with van der Waals surface area (Å²) in [7, 11) is 0. The summed E-state index contributed by atoms with van der Waals surface area (Å²) >= 11 is 6.03. The molecule has 2 N–H and O–H groups in total. The summed E-state index contributed by atoms with van der Waals surface area (Å²) in [5, 5.41) is 10.1. The maximum atomic E-state index is 12.7. The minimum absolute atomic E-state index is 0.182. The van der Waals surface area contributed by atoms with Crippen LogP contribution in [0.15, 0.2) is 76.6 Å². The summed E-state index contributed by atoms with van der Waals surface area (Å²) in [4.78, 5) is 12.7. The number of nitrogens with one attached hydrogen (secondary N) is 2. The molecule has 27 heavy (non-hydrogen) atoms. The Kier molecular flexibility index (Phi) is 4.52. The van der Waals surface area contributed by atoms with Gasteiger partial charge in [0.05, 0.1) is 23.2 Å². The fourth-order valence-corrected chi connectivity index (χ4v) is 3.18. The molecule has 0 aliphatic rings. The van der Waals surface area contributed by atoms with Gasteiger partial charge in [-0.05, 0) is 36.6 Å². The van der Waals surface area contributed by atoms with Crippen LogP contribution in [0.25, 0.3) is 16.5 Å². The van der Waals surface area contributed by atoms with Crippen molar-refractivity contribution in [3.05, 3.63) is 93.4 Å². The molecule has 1 aromatic heterocycles. The number of aromatic amines is 1. The first-order chi connectivity index (χ1) is 13.1. The average molecular weight is 377 g/mol. The van der Waals surface area contributed by atoms with E-state index in [1.165, 1.54) is 10.9 Å². The van der Waals surface area contributed by atoms with Gasteiger partial charge in [-0.1, -0.05) is 54.1 Å². The molecule has 5 nitrogen and oxygen atoms in total. The monoisotopic (exact) mass is 376 g/mol. The number of hydrogen-bond acceptors (Lipinski definition) is 3. The summed E-state index contributed by atoms with van der Waals surface area (Å²) in [6.45, 7) is 1.84. The normalized spacial score (nSPS) is 11.3. The Morgan fingerprint density at radius 2 is 1.85 bits per heavy atom. The van der Waals surface area contributed by atoms with Crippen molar-refractivity contribution >= 4 is 34.3 Å². The minimum atomic E-state index is -0.182. The van der Waals surface area contributed by atoms with Gasteiger partial charge in [0, 0.05) is 16.1 Å². The van der Waals surface area contributed by atoms with Crippen LogP contribution in [0.2, 0.25) is 5.02 Å². The van der Waals surface area contributed by atoms with Crippen molar-refractivity contribution in [2.24, 2.45) is 5.10 Å². The van der Waals surface area contributed by atoms with Crippen molar-refractivity contribution in [3.63, 3.8) is 0 Å². The van der Waals surface area contributed by atoms with E-state index in [2.05, 4.69) is 15.6 Å². The van der Waals surface area contributed by atoms with Crippen molar-refractivity contribution in [1.29, 1.82) is 0 Å².